The van der Waals surface area contributed by atoms with Crippen LogP contribution in [0.4, 0.5) is 0 Å². The van der Waals surface area contributed by atoms with Crippen LogP contribution in [0.5, 0.6) is 0 Å². The molecule has 7 heteroatoms. The molecule has 0 heterocycles. The molecule has 1 rings (SSSR count). The molecule has 1 aromatic carbocycles. The number of hydrogen-bond donors (Lipinski definition) is 1. The zero-order valence-corrected chi connectivity index (χ0v) is 17.0. The van der Waals surface area contributed by atoms with Gasteiger partial charge in [0.15, 0.2) is 0 Å². The summed E-state index contributed by atoms with van der Waals surface area (Å²) in [5.41, 5.74) is 5.40. The van der Waals surface area contributed by atoms with Gasteiger partial charge < -0.3 is 20.1 Å². The molecule has 0 bridgehead atoms. The predicted octanol–water partition coefficient (Wildman–Crippen LogP) is 2.27. The minimum absolute atomic E-state index is 0.347. The molecule has 0 atom stereocenters. The van der Waals surface area contributed by atoms with Gasteiger partial charge in [-0.1, -0.05) is 12.1 Å². The van der Waals surface area contributed by atoms with E-state index in [2.05, 4.69) is 0 Å². The van der Waals surface area contributed by atoms with Crippen LogP contribution in [0.1, 0.15) is 57.5 Å². The Bertz CT molecular complexity index is 639. The Morgan fingerprint density at radius 1 is 0.852 bits per heavy atom. The van der Waals surface area contributed by atoms with Crippen molar-refractivity contribution in [1.29, 1.82) is 0 Å². The fraction of sp³-hybridized carbons (Fsp3) is 0.550. The molecule has 0 unspecified atom stereocenters. The smallest absolute Gasteiger partial charge is 0.326 e. The van der Waals surface area contributed by atoms with Crippen LogP contribution in [0, 0.1) is 0 Å². The van der Waals surface area contributed by atoms with Crippen LogP contribution in [0.2, 0.25) is 0 Å². The summed E-state index contributed by atoms with van der Waals surface area (Å²) in [6, 6.07) is 6.68. The topological polar surface area (TPSA) is 98.9 Å². The van der Waals surface area contributed by atoms with Crippen molar-refractivity contribution in [3.8, 4) is 0 Å². The summed E-state index contributed by atoms with van der Waals surface area (Å²) in [6.07, 6.45) is 0. The van der Waals surface area contributed by atoms with Crippen molar-refractivity contribution in [2.45, 2.75) is 59.3 Å². The van der Waals surface area contributed by atoms with E-state index in [0.717, 1.165) is 10.5 Å². The first kappa shape index (κ1) is 22.6. The van der Waals surface area contributed by atoms with Crippen molar-refractivity contribution in [1.82, 2.24) is 4.90 Å². The third-order valence-electron chi connectivity index (χ3n) is 3.20. The highest BCUT2D eigenvalue weighted by Gasteiger charge is 2.27. The van der Waals surface area contributed by atoms with E-state index in [1.54, 1.807) is 65.8 Å². The first-order valence-electron chi connectivity index (χ1n) is 8.83. The normalized spacial score (nSPS) is 11.7. The number of hydrogen-bond acceptors (Lipinski definition) is 6. The van der Waals surface area contributed by atoms with Crippen LogP contribution in [-0.2, 0) is 25.6 Å². The minimum atomic E-state index is -0.694. The highest BCUT2D eigenvalue weighted by Crippen LogP contribution is 2.13. The molecular formula is C20H30N2O5. The second-order valence-electron chi connectivity index (χ2n) is 8.24. The van der Waals surface area contributed by atoms with Crippen molar-refractivity contribution in [3.05, 3.63) is 35.4 Å². The summed E-state index contributed by atoms with van der Waals surface area (Å²) < 4.78 is 10.5. The number of ether oxygens (including phenoxy) is 2. The van der Waals surface area contributed by atoms with Crippen LogP contribution >= 0.6 is 0 Å². The van der Waals surface area contributed by atoms with E-state index in [0.29, 0.717) is 12.1 Å². The number of rotatable bonds is 6. The molecular weight excluding hydrogens is 348 g/mol. The number of nitrogens with two attached hydrogens (primary N) is 1. The average Bonchev–Trinajstić information content (AvgIpc) is 2.50. The quantitative estimate of drug-likeness (QED) is 0.763. The van der Waals surface area contributed by atoms with E-state index < -0.39 is 29.0 Å². The zero-order chi connectivity index (χ0) is 20.8. The van der Waals surface area contributed by atoms with E-state index in [9.17, 15) is 14.4 Å². The lowest BCUT2D eigenvalue weighted by Crippen LogP contribution is -2.43. The molecule has 0 radical (unpaired) electrons. The first-order valence-corrected chi connectivity index (χ1v) is 8.83. The maximum Gasteiger partial charge on any atom is 0.326 e. The summed E-state index contributed by atoms with van der Waals surface area (Å²) in [6.45, 7) is 10.0. The van der Waals surface area contributed by atoms with E-state index in [4.69, 9.17) is 15.2 Å². The largest absolute Gasteiger partial charge is 0.459 e. The van der Waals surface area contributed by atoms with Crippen molar-refractivity contribution >= 4 is 17.8 Å². The fourth-order valence-electron chi connectivity index (χ4n) is 2.22. The van der Waals surface area contributed by atoms with Crippen molar-refractivity contribution in [2.75, 3.05) is 13.1 Å². The highest BCUT2D eigenvalue weighted by atomic mass is 16.6. The summed E-state index contributed by atoms with van der Waals surface area (Å²) in [4.78, 5) is 38.3. The summed E-state index contributed by atoms with van der Waals surface area (Å²) in [5.74, 6) is -1.66. The monoisotopic (exact) mass is 378 g/mol. The molecule has 0 aliphatic carbocycles. The van der Waals surface area contributed by atoms with E-state index >= 15 is 0 Å². The van der Waals surface area contributed by atoms with Gasteiger partial charge in [-0.2, -0.15) is 0 Å². The van der Waals surface area contributed by atoms with Crippen LogP contribution in [0.15, 0.2) is 24.3 Å². The molecule has 1 amide bonds. The third kappa shape index (κ3) is 8.68. The van der Waals surface area contributed by atoms with Gasteiger partial charge in [0.25, 0.3) is 5.91 Å². The van der Waals surface area contributed by atoms with Crippen LogP contribution < -0.4 is 5.73 Å². The maximum absolute atomic E-state index is 12.8. The van der Waals surface area contributed by atoms with Crippen molar-refractivity contribution < 1.29 is 23.9 Å². The van der Waals surface area contributed by atoms with Crippen molar-refractivity contribution in [3.63, 3.8) is 0 Å². The summed E-state index contributed by atoms with van der Waals surface area (Å²) >= 11 is 0. The van der Waals surface area contributed by atoms with E-state index in [1.165, 1.54) is 0 Å². The molecule has 0 saturated heterocycles. The molecule has 150 valence electrons. The Balaban J connectivity index is 2.98. The van der Waals surface area contributed by atoms with Gasteiger partial charge in [-0.05, 0) is 59.2 Å². The Morgan fingerprint density at radius 2 is 1.26 bits per heavy atom. The van der Waals surface area contributed by atoms with Gasteiger partial charge in [0, 0.05) is 12.1 Å². The molecule has 0 aliphatic heterocycles. The molecule has 2 N–H and O–H groups in total. The van der Waals surface area contributed by atoms with Gasteiger partial charge in [0.2, 0.25) is 0 Å². The summed E-state index contributed by atoms with van der Waals surface area (Å²) in [7, 11) is 0. The second-order valence-corrected chi connectivity index (χ2v) is 8.24. The molecule has 27 heavy (non-hydrogen) atoms. The van der Waals surface area contributed by atoms with Gasteiger partial charge >= 0.3 is 11.9 Å². The van der Waals surface area contributed by atoms with E-state index in [-0.39, 0.29) is 13.1 Å². The summed E-state index contributed by atoms with van der Waals surface area (Å²) in [5, 5.41) is 0. The van der Waals surface area contributed by atoms with Gasteiger partial charge in [-0.25, -0.2) is 0 Å². The first-order chi connectivity index (χ1) is 12.3. The number of carbonyl (C=O) groups is 3. The minimum Gasteiger partial charge on any atom is -0.459 e. The Morgan fingerprint density at radius 3 is 1.59 bits per heavy atom. The molecule has 0 saturated carbocycles. The Hall–Kier alpha value is -2.41. The van der Waals surface area contributed by atoms with Crippen LogP contribution in [0.3, 0.4) is 0 Å². The standard InChI is InChI=1S/C20H30N2O5/c1-19(2,3)26-16(23)12-22(13-17(24)27-20(4,5)6)18(25)15-9-7-14(11-21)8-10-15/h7-10H,11-13,21H2,1-6H3. The van der Waals surface area contributed by atoms with Crippen LogP contribution in [-0.4, -0.2) is 47.0 Å². The number of amides is 1. The Labute approximate surface area is 160 Å². The molecule has 7 nitrogen and oxygen atoms in total. The van der Waals surface area contributed by atoms with Crippen molar-refractivity contribution in [2.24, 2.45) is 5.73 Å². The molecule has 0 aromatic heterocycles. The van der Waals surface area contributed by atoms with Gasteiger partial charge in [-0.15, -0.1) is 0 Å². The number of nitrogens with zero attached hydrogens (tertiary/aromatic N) is 1. The number of carbonyl (C=O) groups excluding carboxylic acids is 3. The molecule has 0 aliphatic rings. The fourth-order valence-corrected chi connectivity index (χ4v) is 2.22. The zero-order valence-electron chi connectivity index (χ0n) is 17.0. The Kier molecular flexibility index (Phi) is 7.54. The number of benzene rings is 1. The molecule has 0 fully saturated rings. The molecule has 0 spiro atoms. The van der Waals surface area contributed by atoms with E-state index in [1.807, 2.05) is 0 Å². The van der Waals surface area contributed by atoms with Gasteiger partial charge in [0.05, 0.1) is 0 Å². The maximum atomic E-state index is 12.8. The third-order valence-corrected chi connectivity index (χ3v) is 3.20. The van der Waals surface area contributed by atoms with Gasteiger partial charge in [-0.3, -0.25) is 14.4 Å². The number of esters is 2. The lowest BCUT2D eigenvalue weighted by Gasteiger charge is -2.26. The van der Waals surface area contributed by atoms with Crippen LogP contribution in [0.25, 0.3) is 0 Å². The highest BCUT2D eigenvalue weighted by molar-refractivity contribution is 5.97. The van der Waals surface area contributed by atoms with Gasteiger partial charge in [0.1, 0.15) is 24.3 Å². The SMILES string of the molecule is CC(C)(C)OC(=O)CN(CC(=O)OC(C)(C)C)C(=O)c1ccc(CN)cc1. The second kappa shape index (κ2) is 8.99. The average molecular weight is 378 g/mol. The lowest BCUT2D eigenvalue weighted by molar-refractivity contribution is -0.158. The lowest BCUT2D eigenvalue weighted by atomic mass is 10.1. The molecule has 1 aromatic rings. The predicted molar refractivity (Wildman–Crippen MR) is 102 cm³/mol.